The molecule has 1 aromatic carbocycles. The number of rotatable bonds is 2. The van der Waals surface area contributed by atoms with E-state index in [1.165, 1.54) is 0 Å². The molecule has 2 aromatic rings. The van der Waals surface area contributed by atoms with E-state index in [9.17, 15) is 4.79 Å². The van der Waals surface area contributed by atoms with Crippen LogP contribution in [0.4, 0.5) is 5.69 Å². The molecule has 2 heterocycles. The molecule has 1 aliphatic rings. The van der Waals surface area contributed by atoms with Crippen LogP contribution < -0.4 is 4.90 Å². The first-order valence-corrected chi connectivity index (χ1v) is 6.13. The van der Waals surface area contributed by atoms with Crippen LogP contribution in [0.3, 0.4) is 0 Å². The van der Waals surface area contributed by atoms with Crippen LogP contribution in [0.1, 0.15) is 17.7 Å². The van der Waals surface area contributed by atoms with E-state index in [0.717, 1.165) is 23.4 Å². The summed E-state index contributed by atoms with van der Waals surface area (Å²) >= 11 is 0. The molecule has 0 bridgehead atoms. The Morgan fingerprint density at radius 2 is 1.89 bits per heavy atom. The van der Waals surface area contributed by atoms with Gasteiger partial charge in [0, 0.05) is 19.0 Å². The number of pyridine rings is 1. The van der Waals surface area contributed by atoms with Gasteiger partial charge in [0.1, 0.15) is 0 Å². The number of hydrogen-bond acceptors (Lipinski definition) is 2. The molecule has 3 nitrogen and oxygen atoms in total. The van der Waals surface area contributed by atoms with E-state index in [-0.39, 0.29) is 5.91 Å². The fraction of sp³-hybridized carbons (Fsp3) is 0.200. The molecule has 1 aliphatic heterocycles. The number of hydrogen-bond donors (Lipinski definition) is 0. The number of anilines is 1. The van der Waals surface area contributed by atoms with Crippen molar-refractivity contribution in [2.75, 3.05) is 4.90 Å². The Labute approximate surface area is 106 Å². The Kier molecular flexibility index (Phi) is 2.81. The number of nitrogens with zero attached hydrogens (tertiary/aromatic N) is 2. The summed E-state index contributed by atoms with van der Waals surface area (Å²) in [5, 5.41) is 0. The smallest absolute Gasteiger partial charge is 0.227 e. The Morgan fingerprint density at radius 3 is 2.72 bits per heavy atom. The lowest BCUT2D eigenvalue weighted by atomic mass is 10.1. The van der Waals surface area contributed by atoms with Crippen molar-refractivity contribution in [3.8, 4) is 0 Å². The summed E-state index contributed by atoms with van der Waals surface area (Å²) in [4.78, 5) is 18.2. The molecule has 0 unspecified atom stereocenters. The number of amides is 1. The quantitative estimate of drug-likeness (QED) is 0.805. The maximum Gasteiger partial charge on any atom is 0.227 e. The van der Waals surface area contributed by atoms with Crippen LogP contribution in [0.25, 0.3) is 0 Å². The van der Waals surface area contributed by atoms with Gasteiger partial charge in [0.2, 0.25) is 5.91 Å². The Hall–Kier alpha value is -2.16. The van der Waals surface area contributed by atoms with Gasteiger partial charge in [0.15, 0.2) is 0 Å². The monoisotopic (exact) mass is 238 g/mol. The van der Waals surface area contributed by atoms with Crippen LogP contribution >= 0.6 is 0 Å². The van der Waals surface area contributed by atoms with E-state index in [1.807, 2.05) is 47.4 Å². The standard InChI is InChI=1S/C15H14N2O/c18-15-9-8-13-14(7-4-10-16-13)17(15)11-12-5-2-1-3-6-12/h1-7,10H,8-9,11H2. The number of fused-ring (bicyclic) bond motifs is 1. The molecular formula is C15H14N2O. The predicted molar refractivity (Wildman–Crippen MR) is 70.2 cm³/mol. The van der Waals surface area contributed by atoms with Crippen LogP contribution in [0.2, 0.25) is 0 Å². The molecule has 90 valence electrons. The van der Waals surface area contributed by atoms with Crippen LogP contribution in [0.5, 0.6) is 0 Å². The van der Waals surface area contributed by atoms with Gasteiger partial charge in [-0.3, -0.25) is 9.78 Å². The summed E-state index contributed by atoms with van der Waals surface area (Å²) < 4.78 is 0. The van der Waals surface area contributed by atoms with Crippen molar-refractivity contribution in [2.45, 2.75) is 19.4 Å². The number of benzene rings is 1. The van der Waals surface area contributed by atoms with E-state index in [1.54, 1.807) is 6.20 Å². The van der Waals surface area contributed by atoms with Gasteiger partial charge in [-0.25, -0.2) is 0 Å². The third kappa shape index (κ3) is 1.99. The summed E-state index contributed by atoms with van der Waals surface area (Å²) in [6, 6.07) is 13.9. The zero-order chi connectivity index (χ0) is 12.4. The fourth-order valence-electron chi connectivity index (χ4n) is 2.30. The van der Waals surface area contributed by atoms with Crippen LogP contribution in [0, 0.1) is 0 Å². The van der Waals surface area contributed by atoms with Crippen molar-refractivity contribution in [2.24, 2.45) is 0 Å². The molecule has 0 atom stereocenters. The minimum atomic E-state index is 0.180. The van der Waals surface area contributed by atoms with Crippen molar-refractivity contribution in [3.63, 3.8) is 0 Å². The highest BCUT2D eigenvalue weighted by molar-refractivity contribution is 5.95. The Balaban J connectivity index is 1.94. The molecule has 0 saturated heterocycles. The molecule has 0 radical (unpaired) electrons. The van der Waals surface area contributed by atoms with Crippen LogP contribution in [-0.2, 0) is 17.8 Å². The molecule has 0 saturated carbocycles. The fourth-order valence-corrected chi connectivity index (χ4v) is 2.30. The average molecular weight is 238 g/mol. The second-order valence-electron chi connectivity index (χ2n) is 4.43. The van der Waals surface area contributed by atoms with E-state index >= 15 is 0 Å². The molecule has 0 fully saturated rings. The SMILES string of the molecule is O=C1CCc2ncccc2N1Cc1ccccc1. The molecule has 0 N–H and O–H groups in total. The number of carbonyl (C=O) groups excluding carboxylic acids is 1. The molecule has 3 heteroatoms. The Morgan fingerprint density at radius 1 is 1.06 bits per heavy atom. The van der Waals surface area contributed by atoms with Gasteiger partial charge in [-0.1, -0.05) is 30.3 Å². The summed E-state index contributed by atoms with van der Waals surface area (Å²) in [6.07, 6.45) is 3.09. The highest BCUT2D eigenvalue weighted by Gasteiger charge is 2.24. The largest absolute Gasteiger partial charge is 0.306 e. The highest BCUT2D eigenvalue weighted by atomic mass is 16.2. The van der Waals surface area contributed by atoms with Gasteiger partial charge in [-0.15, -0.1) is 0 Å². The first-order valence-electron chi connectivity index (χ1n) is 6.13. The second kappa shape index (κ2) is 4.61. The predicted octanol–water partition coefficient (Wildman–Crippen LogP) is 2.56. The first kappa shape index (κ1) is 11.0. The summed E-state index contributed by atoms with van der Waals surface area (Å²) in [5.41, 5.74) is 3.12. The minimum absolute atomic E-state index is 0.180. The molecule has 0 spiro atoms. The summed E-state index contributed by atoms with van der Waals surface area (Å²) in [5.74, 6) is 0.180. The van der Waals surface area contributed by atoms with Crippen molar-refractivity contribution < 1.29 is 4.79 Å². The van der Waals surface area contributed by atoms with Crippen molar-refractivity contribution in [1.82, 2.24) is 4.98 Å². The van der Waals surface area contributed by atoms with Crippen molar-refractivity contribution >= 4 is 11.6 Å². The van der Waals surface area contributed by atoms with Gasteiger partial charge in [-0.2, -0.15) is 0 Å². The van der Waals surface area contributed by atoms with E-state index in [0.29, 0.717) is 13.0 Å². The maximum absolute atomic E-state index is 12.1. The van der Waals surface area contributed by atoms with E-state index in [2.05, 4.69) is 4.98 Å². The molecule has 1 aromatic heterocycles. The maximum atomic E-state index is 12.1. The molecule has 18 heavy (non-hydrogen) atoms. The lowest BCUT2D eigenvalue weighted by molar-refractivity contribution is -0.119. The van der Waals surface area contributed by atoms with E-state index in [4.69, 9.17) is 0 Å². The molecule has 1 amide bonds. The third-order valence-corrected chi connectivity index (χ3v) is 3.22. The zero-order valence-electron chi connectivity index (χ0n) is 10.0. The van der Waals surface area contributed by atoms with Crippen LogP contribution in [-0.4, -0.2) is 10.9 Å². The van der Waals surface area contributed by atoms with Crippen molar-refractivity contribution in [3.05, 3.63) is 59.9 Å². The molecule has 3 rings (SSSR count). The zero-order valence-corrected chi connectivity index (χ0v) is 10.0. The van der Waals surface area contributed by atoms with Gasteiger partial charge in [-0.05, 0) is 17.7 Å². The van der Waals surface area contributed by atoms with Gasteiger partial charge in [0.25, 0.3) is 0 Å². The third-order valence-electron chi connectivity index (χ3n) is 3.22. The van der Waals surface area contributed by atoms with E-state index < -0.39 is 0 Å². The lowest BCUT2D eigenvalue weighted by Gasteiger charge is -2.28. The molecule has 0 aliphatic carbocycles. The Bertz CT molecular complexity index is 566. The number of carbonyl (C=O) groups is 1. The minimum Gasteiger partial charge on any atom is -0.306 e. The van der Waals surface area contributed by atoms with Gasteiger partial charge in [0.05, 0.1) is 17.9 Å². The molecular weight excluding hydrogens is 224 g/mol. The lowest BCUT2D eigenvalue weighted by Crippen LogP contribution is -2.34. The first-order chi connectivity index (χ1) is 8.84. The average Bonchev–Trinajstić information content (AvgIpc) is 2.43. The number of aromatic nitrogens is 1. The van der Waals surface area contributed by atoms with Gasteiger partial charge < -0.3 is 4.90 Å². The summed E-state index contributed by atoms with van der Waals surface area (Å²) in [6.45, 7) is 0.623. The van der Waals surface area contributed by atoms with Crippen LogP contribution in [0.15, 0.2) is 48.7 Å². The summed E-state index contributed by atoms with van der Waals surface area (Å²) in [7, 11) is 0. The number of aryl methyl sites for hydroxylation is 1. The topological polar surface area (TPSA) is 33.2 Å². The second-order valence-corrected chi connectivity index (χ2v) is 4.43. The van der Waals surface area contributed by atoms with Gasteiger partial charge >= 0.3 is 0 Å². The normalized spacial score (nSPS) is 14.4. The van der Waals surface area contributed by atoms with Crippen molar-refractivity contribution in [1.29, 1.82) is 0 Å². The highest BCUT2D eigenvalue weighted by Crippen LogP contribution is 2.27.